The van der Waals surface area contributed by atoms with Crippen molar-refractivity contribution in [1.29, 1.82) is 0 Å². The molecular formula is C17H21ClFN5O3S. The van der Waals surface area contributed by atoms with E-state index in [1.807, 2.05) is 6.92 Å². The number of nitrogens with zero attached hydrogens (tertiary/aromatic N) is 3. The van der Waals surface area contributed by atoms with Crippen LogP contribution in [0.1, 0.15) is 30.6 Å². The molecule has 1 amide bonds. The van der Waals surface area contributed by atoms with Crippen molar-refractivity contribution in [3.8, 4) is 0 Å². The number of aromatic nitrogens is 2. The van der Waals surface area contributed by atoms with E-state index in [1.54, 1.807) is 17.8 Å². The first-order chi connectivity index (χ1) is 13.1. The number of likely N-dealkylation sites (N-methyl/N-ethyl adjacent to an activating group) is 1. The lowest BCUT2D eigenvalue weighted by Gasteiger charge is -2.36. The van der Waals surface area contributed by atoms with Crippen molar-refractivity contribution in [2.45, 2.75) is 38.9 Å². The molecule has 152 valence electrons. The average molecular weight is 430 g/mol. The van der Waals surface area contributed by atoms with Crippen LogP contribution in [-0.2, 0) is 21.5 Å². The van der Waals surface area contributed by atoms with E-state index >= 15 is 0 Å². The molecule has 3 rings (SSSR count). The van der Waals surface area contributed by atoms with Crippen molar-refractivity contribution < 1.29 is 17.6 Å². The normalized spacial score (nSPS) is 22.2. The van der Waals surface area contributed by atoms with Crippen LogP contribution in [0.15, 0.2) is 24.4 Å². The van der Waals surface area contributed by atoms with Gasteiger partial charge in [-0.05, 0) is 38.5 Å². The minimum Gasteiger partial charge on any atom is -0.325 e. The Kier molecular flexibility index (Phi) is 5.76. The van der Waals surface area contributed by atoms with Gasteiger partial charge in [0.05, 0.1) is 16.8 Å². The molecule has 0 radical (unpaired) electrons. The average Bonchev–Trinajstić information content (AvgIpc) is 3.01. The highest BCUT2D eigenvalue weighted by Gasteiger charge is 2.41. The number of anilines is 1. The summed E-state index contributed by atoms with van der Waals surface area (Å²) in [5.41, 5.74) is 1.71. The van der Waals surface area contributed by atoms with Gasteiger partial charge in [0.2, 0.25) is 5.91 Å². The van der Waals surface area contributed by atoms with Crippen molar-refractivity contribution in [3.05, 3.63) is 46.5 Å². The van der Waals surface area contributed by atoms with Gasteiger partial charge in [-0.3, -0.25) is 9.48 Å². The van der Waals surface area contributed by atoms with E-state index in [9.17, 15) is 17.6 Å². The molecule has 1 aliphatic rings. The molecule has 28 heavy (non-hydrogen) atoms. The number of benzene rings is 1. The van der Waals surface area contributed by atoms with Crippen molar-refractivity contribution >= 4 is 33.4 Å². The third kappa shape index (κ3) is 4.04. The molecule has 2 heterocycles. The highest BCUT2D eigenvalue weighted by molar-refractivity contribution is 7.87. The molecule has 11 heteroatoms. The molecular weight excluding hydrogens is 409 g/mol. The molecule has 1 aromatic carbocycles. The first-order valence-electron chi connectivity index (χ1n) is 8.67. The summed E-state index contributed by atoms with van der Waals surface area (Å²) in [6.07, 6.45) is 2.00. The molecule has 1 aliphatic heterocycles. The number of hydrogen-bond acceptors (Lipinski definition) is 4. The predicted molar refractivity (Wildman–Crippen MR) is 104 cm³/mol. The molecule has 2 aromatic rings. The zero-order valence-corrected chi connectivity index (χ0v) is 17.2. The number of rotatable bonds is 4. The third-order valence-corrected chi connectivity index (χ3v) is 6.63. The molecule has 0 saturated carbocycles. The van der Waals surface area contributed by atoms with Crippen LogP contribution in [0.25, 0.3) is 0 Å². The monoisotopic (exact) mass is 429 g/mol. The van der Waals surface area contributed by atoms with Crippen molar-refractivity contribution in [1.82, 2.24) is 18.8 Å². The fourth-order valence-electron chi connectivity index (χ4n) is 3.15. The maximum absolute atomic E-state index is 13.3. The summed E-state index contributed by atoms with van der Waals surface area (Å²) in [5.74, 6) is -1.13. The second-order valence-corrected chi connectivity index (χ2v) is 8.76. The van der Waals surface area contributed by atoms with Gasteiger partial charge in [-0.15, -0.1) is 0 Å². The first-order valence-corrected chi connectivity index (χ1v) is 10.5. The molecule has 0 spiro atoms. The Balaban J connectivity index is 1.86. The van der Waals surface area contributed by atoms with Gasteiger partial charge >= 0.3 is 0 Å². The van der Waals surface area contributed by atoms with Gasteiger partial charge in [0, 0.05) is 31.0 Å². The second kappa shape index (κ2) is 7.78. The standard InChI is InChI=1S/C17H21ClFN5O3S/c1-4-24-9-12(10(2)21-24)15-8-16(23(3)28(26,27)22-15)17(25)20-11-5-6-14(19)13(18)7-11/h5-7,9,15-16,22H,4,8H2,1-3H3,(H,20,25)/t15-,16-/m0/s1. The van der Waals surface area contributed by atoms with E-state index in [2.05, 4.69) is 15.1 Å². The number of carbonyl (C=O) groups excluding carboxylic acids is 1. The van der Waals surface area contributed by atoms with Gasteiger partial charge in [-0.25, -0.2) is 4.39 Å². The number of hydrogen-bond donors (Lipinski definition) is 2. The third-order valence-electron chi connectivity index (χ3n) is 4.74. The van der Waals surface area contributed by atoms with Crippen LogP contribution in [0.5, 0.6) is 0 Å². The van der Waals surface area contributed by atoms with Crippen LogP contribution in [0, 0.1) is 12.7 Å². The number of amides is 1. The summed E-state index contributed by atoms with van der Waals surface area (Å²) in [6.45, 7) is 4.37. The van der Waals surface area contributed by atoms with Crippen LogP contribution >= 0.6 is 11.6 Å². The zero-order chi connectivity index (χ0) is 20.6. The quantitative estimate of drug-likeness (QED) is 0.778. The Bertz CT molecular complexity index is 1010. The molecule has 1 fully saturated rings. The Morgan fingerprint density at radius 2 is 2.18 bits per heavy atom. The molecule has 2 N–H and O–H groups in total. The summed E-state index contributed by atoms with van der Waals surface area (Å²) in [4.78, 5) is 12.8. The molecule has 8 nitrogen and oxygen atoms in total. The number of aryl methyl sites for hydroxylation is 2. The van der Waals surface area contributed by atoms with Crippen molar-refractivity contribution in [3.63, 3.8) is 0 Å². The molecule has 0 bridgehead atoms. The van der Waals surface area contributed by atoms with Crippen LogP contribution in [0.3, 0.4) is 0 Å². The number of nitrogens with one attached hydrogen (secondary N) is 2. The van der Waals surface area contributed by atoms with Crippen LogP contribution in [-0.4, -0.2) is 41.5 Å². The van der Waals surface area contributed by atoms with Crippen molar-refractivity contribution in [2.75, 3.05) is 12.4 Å². The lowest BCUT2D eigenvalue weighted by atomic mass is 10.00. The van der Waals surface area contributed by atoms with E-state index in [0.717, 1.165) is 15.9 Å². The molecule has 0 aliphatic carbocycles. The fourth-order valence-corrected chi connectivity index (χ4v) is 4.60. The van der Waals surface area contributed by atoms with Gasteiger partial charge in [-0.2, -0.15) is 22.5 Å². The predicted octanol–water partition coefficient (Wildman–Crippen LogP) is 2.22. The van der Waals surface area contributed by atoms with E-state index < -0.39 is 34.0 Å². The summed E-state index contributed by atoms with van der Waals surface area (Å²) in [6, 6.07) is 2.23. The maximum Gasteiger partial charge on any atom is 0.280 e. The van der Waals surface area contributed by atoms with Gasteiger partial charge in [0.25, 0.3) is 10.2 Å². The largest absolute Gasteiger partial charge is 0.325 e. The molecule has 0 unspecified atom stereocenters. The van der Waals surface area contributed by atoms with Gasteiger partial charge in [0.1, 0.15) is 11.9 Å². The lowest BCUT2D eigenvalue weighted by molar-refractivity contribution is -0.120. The Labute approximate surface area is 167 Å². The number of carbonyl (C=O) groups is 1. The summed E-state index contributed by atoms with van der Waals surface area (Å²) >= 11 is 5.74. The van der Waals surface area contributed by atoms with Crippen molar-refractivity contribution in [2.24, 2.45) is 0 Å². The minimum atomic E-state index is -3.87. The second-order valence-electron chi connectivity index (χ2n) is 6.59. The lowest BCUT2D eigenvalue weighted by Crippen LogP contribution is -2.56. The van der Waals surface area contributed by atoms with Crippen LogP contribution < -0.4 is 10.0 Å². The highest BCUT2D eigenvalue weighted by Crippen LogP contribution is 2.30. The SMILES string of the molecule is CCn1cc([C@@H]2C[C@@H](C(=O)Nc3ccc(F)c(Cl)c3)N(C)S(=O)(=O)N2)c(C)n1. The van der Waals surface area contributed by atoms with E-state index in [-0.39, 0.29) is 17.1 Å². The Morgan fingerprint density at radius 3 is 2.79 bits per heavy atom. The van der Waals surface area contributed by atoms with Crippen LogP contribution in [0.4, 0.5) is 10.1 Å². The van der Waals surface area contributed by atoms with E-state index in [4.69, 9.17) is 11.6 Å². The molecule has 1 saturated heterocycles. The highest BCUT2D eigenvalue weighted by atomic mass is 35.5. The first kappa shape index (κ1) is 20.7. The van der Waals surface area contributed by atoms with Gasteiger partial charge < -0.3 is 5.32 Å². The fraction of sp³-hybridized carbons (Fsp3) is 0.412. The summed E-state index contributed by atoms with van der Waals surface area (Å²) < 4.78 is 43.7. The minimum absolute atomic E-state index is 0.135. The van der Waals surface area contributed by atoms with E-state index in [1.165, 1.54) is 19.2 Å². The Hall–Kier alpha value is -2.01. The summed E-state index contributed by atoms with van der Waals surface area (Å²) in [5, 5.41) is 6.82. The zero-order valence-electron chi connectivity index (χ0n) is 15.6. The molecule has 1 aromatic heterocycles. The Morgan fingerprint density at radius 1 is 1.46 bits per heavy atom. The van der Waals surface area contributed by atoms with Crippen LogP contribution in [0.2, 0.25) is 5.02 Å². The summed E-state index contributed by atoms with van der Waals surface area (Å²) in [7, 11) is -2.54. The van der Waals surface area contributed by atoms with E-state index in [0.29, 0.717) is 12.2 Å². The number of halogens is 2. The smallest absolute Gasteiger partial charge is 0.280 e. The topological polar surface area (TPSA) is 96.3 Å². The van der Waals surface area contributed by atoms with Gasteiger partial charge in [-0.1, -0.05) is 11.6 Å². The maximum atomic E-state index is 13.3. The van der Waals surface area contributed by atoms with Gasteiger partial charge in [0.15, 0.2) is 0 Å². The molecule has 2 atom stereocenters.